The zero-order valence-corrected chi connectivity index (χ0v) is 7.74. The zero-order valence-electron chi connectivity index (χ0n) is 7.74. The maximum absolute atomic E-state index is 12.1. The molecule has 0 radical (unpaired) electrons. The Labute approximate surface area is 72.5 Å². The van der Waals surface area contributed by atoms with Crippen LogP contribution in [0.1, 0.15) is 33.1 Å². The second-order valence-electron chi connectivity index (χ2n) is 3.86. The summed E-state index contributed by atoms with van der Waals surface area (Å²) in [6.07, 6.45) is 1.27. The largest absolute Gasteiger partial charge is 0.309 e. The first kappa shape index (κ1) is 9.90. The lowest BCUT2D eigenvalue weighted by Gasteiger charge is -2.17. The predicted octanol–water partition coefficient (Wildman–Crippen LogP) is 2.42. The van der Waals surface area contributed by atoms with Gasteiger partial charge in [-0.15, -0.1) is 0 Å². The second-order valence-corrected chi connectivity index (χ2v) is 3.86. The van der Waals surface area contributed by atoms with Crippen molar-refractivity contribution in [1.82, 2.24) is 5.32 Å². The Kier molecular flexibility index (Phi) is 3.04. The van der Waals surface area contributed by atoms with Crippen molar-refractivity contribution in [1.29, 1.82) is 0 Å². The molecule has 0 spiro atoms. The molecule has 1 nitrogen and oxygen atoms in total. The molecular weight excluding hydrogens is 160 g/mol. The van der Waals surface area contributed by atoms with Gasteiger partial charge in [0.05, 0.1) is 6.04 Å². The van der Waals surface area contributed by atoms with Crippen LogP contribution in [0.4, 0.5) is 8.78 Å². The number of hydrogen-bond acceptors (Lipinski definition) is 1. The molecule has 0 aromatic carbocycles. The number of rotatable bonds is 5. The minimum atomic E-state index is -2.24. The highest BCUT2D eigenvalue weighted by Gasteiger charge is 2.40. The van der Waals surface area contributed by atoms with Crippen molar-refractivity contribution in [2.45, 2.75) is 45.6 Å². The van der Waals surface area contributed by atoms with Gasteiger partial charge in [-0.3, -0.25) is 0 Å². The standard InChI is InChI=1S/C9H17F2N/c1-3-9(4-5-9)6-12-7(2)8(10)11/h7-8,12H,3-6H2,1-2H3. The van der Waals surface area contributed by atoms with E-state index in [9.17, 15) is 8.78 Å². The van der Waals surface area contributed by atoms with E-state index in [1.807, 2.05) is 0 Å². The minimum Gasteiger partial charge on any atom is -0.309 e. The van der Waals surface area contributed by atoms with Crippen LogP contribution in [0.5, 0.6) is 0 Å². The van der Waals surface area contributed by atoms with Crippen LogP contribution in [0.15, 0.2) is 0 Å². The number of alkyl halides is 2. The van der Waals surface area contributed by atoms with E-state index in [0.29, 0.717) is 5.41 Å². The summed E-state index contributed by atoms with van der Waals surface area (Å²) in [6.45, 7) is 4.42. The van der Waals surface area contributed by atoms with Crippen molar-refractivity contribution < 1.29 is 8.78 Å². The van der Waals surface area contributed by atoms with Crippen LogP contribution in [-0.2, 0) is 0 Å². The van der Waals surface area contributed by atoms with Gasteiger partial charge in [0.1, 0.15) is 0 Å². The molecule has 0 aromatic heterocycles. The number of hydrogen-bond donors (Lipinski definition) is 1. The molecule has 1 aliphatic carbocycles. The molecule has 12 heavy (non-hydrogen) atoms. The lowest BCUT2D eigenvalue weighted by Crippen LogP contribution is -2.36. The first-order chi connectivity index (χ1) is 5.59. The Morgan fingerprint density at radius 1 is 1.42 bits per heavy atom. The second kappa shape index (κ2) is 3.69. The minimum absolute atomic E-state index is 0.364. The molecule has 1 fully saturated rings. The summed E-state index contributed by atoms with van der Waals surface area (Å²) in [5, 5.41) is 2.89. The average molecular weight is 177 g/mol. The predicted molar refractivity (Wildman–Crippen MR) is 45.4 cm³/mol. The van der Waals surface area contributed by atoms with Gasteiger partial charge in [-0.1, -0.05) is 6.92 Å². The molecule has 0 saturated heterocycles. The molecule has 0 heterocycles. The van der Waals surface area contributed by atoms with Crippen LogP contribution in [0, 0.1) is 5.41 Å². The van der Waals surface area contributed by atoms with E-state index in [4.69, 9.17) is 0 Å². The van der Waals surface area contributed by atoms with E-state index < -0.39 is 12.5 Å². The summed E-state index contributed by atoms with van der Waals surface area (Å²) >= 11 is 0. The molecule has 0 bridgehead atoms. The molecule has 0 aliphatic heterocycles. The molecule has 0 amide bonds. The van der Waals surface area contributed by atoms with Crippen molar-refractivity contribution in [3.63, 3.8) is 0 Å². The molecule has 1 atom stereocenters. The average Bonchev–Trinajstić information content (AvgIpc) is 2.81. The highest BCUT2D eigenvalue weighted by Crippen LogP contribution is 2.47. The first-order valence-electron chi connectivity index (χ1n) is 4.61. The summed E-state index contributed by atoms with van der Waals surface area (Å²) in [6, 6.07) is -0.658. The van der Waals surface area contributed by atoms with E-state index in [0.717, 1.165) is 13.0 Å². The van der Waals surface area contributed by atoms with Crippen molar-refractivity contribution in [3.8, 4) is 0 Å². The fourth-order valence-electron chi connectivity index (χ4n) is 1.30. The Balaban J connectivity index is 2.17. The van der Waals surface area contributed by atoms with Gasteiger partial charge in [0.2, 0.25) is 0 Å². The molecule has 72 valence electrons. The zero-order chi connectivity index (χ0) is 9.19. The third kappa shape index (κ3) is 2.41. The molecule has 1 aliphatic rings. The molecule has 1 N–H and O–H groups in total. The lowest BCUT2D eigenvalue weighted by molar-refractivity contribution is 0.103. The van der Waals surface area contributed by atoms with Crippen LogP contribution in [-0.4, -0.2) is 19.0 Å². The van der Waals surface area contributed by atoms with Crippen LogP contribution in [0.25, 0.3) is 0 Å². The van der Waals surface area contributed by atoms with Gasteiger partial charge in [-0.25, -0.2) is 8.78 Å². The fourth-order valence-corrected chi connectivity index (χ4v) is 1.30. The lowest BCUT2D eigenvalue weighted by atomic mass is 10.0. The molecule has 1 rings (SSSR count). The maximum Gasteiger partial charge on any atom is 0.253 e. The molecule has 1 saturated carbocycles. The van der Waals surface area contributed by atoms with Gasteiger partial charge in [0.25, 0.3) is 6.43 Å². The molecule has 0 aromatic rings. The Morgan fingerprint density at radius 2 is 2.00 bits per heavy atom. The summed E-state index contributed by atoms with van der Waals surface area (Å²) in [4.78, 5) is 0. The third-order valence-electron chi connectivity index (χ3n) is 2.88. The summed E-state index contributed by atoms with van der Waals surface area (Å²) < 4.78 is 24.1. The quantitative estimate of drug-likeness (QED) is 0.680. The van der Waals surface area contributed by atoms with E-state index in [-0.39, 0.29) is 0 Å². The van der Waals surface area contributed by atoms with E-state index >= 15 is 0 Å². The highest BCUT2D eigenvalue weighted by atomic mass is 19.3. The number of nitrogens with one attached hydrogen (secondary N) is 1. The summed E-state index contributed by atoms with van der Waals surface area (Å²) in [7, 11) is 0. The van der Waals surface area contributed by atoms with Crippen LogP contribution >= 0.6 is 0 Å². The fraction of sp³-hybridized carbons (Fsp3) is 1.00. The van der Waals surface area contributed by atoms with Crippen LogP contribution in [0.2, 0.25) is 0 Å². The Hall–Kier alpha value is -0.180. The molecule has 3 heteroatoms. The van der Waals surface area contributed by atoms with Crippen LogP contribution in [0.3, 0.4) is 0 Å². The highest BCUT2D eigenvalue weighted by molar-refractivity contribution is 4.94. The van der Waals surface area contributed by atoms with Crippen LogP contribution < -0.4 is 5.32 Å². The molecular formula is C9H17F2N. The first-order valence-corrected chi connectivity index (χ1v) is 4.61. The van der Waals surface area contributed by atoms with E-state index in [1.165, 1.54) is 19.8 Å². The van der Waals surface area contributed by atoms with Gasteiger partial charge in [0.15, 0.2) is 0 Å². The van der Waals surface area contributed by atoms with Crippen molar-refractivity contribution in [2.24, 2.45) is 5.41 Å². The number of halogens is 2. The van der Waals surface area contributed by atoms with Gasteiger partial charge in [-0.2, -0.15) is 0 Å². The SMILES string of the molecule is CCC1(CNC(C)C(F)F)CC1. The van der Waals surface area contributed by atoms with E-state index in [1.54, 1.807) is 0 Å². The third-order valence-corrected chi connectivity index (χ3v) is 2.88. The van der Waals surface area contributed by atoms with Gasteiger partial charge in [-0.05, 0) is 31.6 Å². The van der Waals surface area contributed by atoms with Gasteiger partial charge >= 0.3 is 0 Å². The van der Waals surface area contributed by atoms with Gasteiger partial charge in [0, 0.05) is 6.54 Å². The smallest absolute Gasteiger partial charge is 0.253 e. The Bertz CT molecular complexity index is 143. The van der Waals surface area contributed by atoms with Crippen molar-refractivity contribution in [3.05, 3.63) is 0 Å². The van der Waals surface area contributed by atoms with Gasteiger partial charge < -0.3 is 5.32 Å². The normalized spacial score (nSPS) is 22.8. The van der Waals surface area contributed by atoms with E-state index in [2.05, 4.69) is 12.2 Å². The topological polar surface area (TPSA) is 12.0 Å². The maximum atomic E-state index is 12.1. The van der Waals surface area contributed by atoms with Crippen molar-refractivity contribution in [2.75, 3.05) is 6.54 Å². The van der Waals surface area contributed by atoms with Crippen molar-refractivity contribution >= 4 is 0 Å². The Morgan fingerprint density at radius 3 is 2.33 bits per heavy atom. The molecule has 1 unspecified atom stereocenters. The monoisotopic (exact) mass is 177 g/mol. The summed E-state index contributed by atoms with van der Waals surface area (Å²) in [5.41, 5.74) is 0.364. The summed E-state index contributed by atoms with van der Waals surface area (Å²) in [5.74, 6) is 0.